The average Bonchev–Trinajstić information content (AvgIpc) is 2.20. The zero-order valence-electron chi connectivity index (χ0n) is 8.95. The van der Waals surface area contributed by atoms with Gasteiger partial charge in [-0.1, -0.05) is 0 Å². The second-order valence-corrected chi connectivity index (χ2v) is 3.17. The molecular weight excluding hydrogens is 176 g/mol. The third-order valence-corrected chi connectivity index (χ3v) is 2.21. The van der Waals surface area contributed by atoms with E-state index in [2.05, 4.69) is 4.98 Å². The normalized spacial score (nSPS) is 9.93. The third-order valence-electron chi connectivity index (χ3n) is 2.21. The summed E-state index contributed by atoms with van der Waals surface area (Å²) in [6.45, 7) is 7.34. The molecule has 1 aromatic heterocycles. The summed E-state index contributed by atoms with van der Waals surface area (Å²) in [4.78, 5) is 17.7. The van der Waals surface area contributed by atoms with Crippen molar-refractivity contribution in [1.29, 1.82) is 0 Å². The van der Waals surface area contributed by atoms with Crippen LogP contribution in [0.1, 0.15) is 29.9 Å². The monoisotopic (exact) mass is 192 g/mol. The molecule has 0 spiro atoms. The maximum Gasteiger partial charge on any atom is 0.255 e. The molecule has 0 bridgehead atoms. The number of aromatic nitrogens is 1. The second kappa shape index (κ2) is 4.74. The second-order valence-electron chi connectivity index (χ2n) is 3.17. The number of carbonyl (C=O) groups excluding carboxylic acids is 1. The molecule has 0 aromatic carbocycles. The van der Waals surface area contributed by atoms with Crippen LogP contribution in [0.4, 0.5) is 0 Å². The fraction of sp³-hybridized carbons (Fsp3) is 0.455. The van der Waals surface area contributed by atoms with Crippen LogP contribution in [0.5, 0.6) is 0 Å². The SMILES string of the molecule is CCN(CC)C(=O)c1ccc(C)nc1. The maximum absolute atomic E-state index is 11.8. The average molecular weight is 192 g/mol. The summed E-state index contributed by atoms with van der Waals surface area (Å²) in [6, 6.07) is 3.68. The summed E-state index contributed by atoms with van der Waals surface area (Å²) in [5.41, 5.74) is 1.60. The number of aryl methyl sites for hydroxylation is 1. The van der Waals surface area contributed by atoms with Gasteiger partial charge < -0.3 is 4.90 Å². The Bertz CT molecular complexity index is 302. The van der Waals surface area contributed by atoms with E-state index in [9.17, 15) is 4.79 Å². The first kappa shape index (κ1) is 10.7. The van der Waals surface area contributed by atoms with Gasteiger partial charge in [0, 0.05) is 25.0 Å². The molecule has 0 aliphatic carbocycles. The highest BCUT2D eigenvalue weighted by atomic mass is 16.2. The number of nitrogens with zero attached hydrogens (tertiary/aromatic N) is 2. The number of hydrogen-bond acceptors (Lipinski definition) is 2. The first-order chi connectivity index (χ1) is 6.69. The van der Waals surface area contributed by atoms with E-state index in [1.54, 1.807) is 11.1 Å². The molecule has 3 nitrogen and oxygen atoms in total. The highest BCUT2D eigenvalue weighted by molar-refractivity contribution is 5.93. The third kappa shape index (κ3) is 2.31. The maximum atomic E-state index is 11.8. The Kier molecular flexibility index (Phi) is 3.63. The molecule has 0 atom stereocenters. The Balaban J connectivity index is 2.83. The summed E-state index contributed by atoms with van der Waals surface area (Å²) in [6.07, 6.45) is 1.63. The van der Waals surface area contributed by atoms with Crippen molar-refractivity contribution in [3.05, 3.63) is 29.6 Å². The minimum Gasteiger partial charge on any atom is -0.339 e. The van der Waals surface area contributed by atoms with Crippen LogP contribution in [0.2, 0.25) is 0 Å². The molecule has 1 rings (SSSR count). The van der Waals surface area contributed by atoms with E-state index in [4.69, 9.17) is 0 Å². The summed E-state index contributed by atoms with van der Waals surface area (Å²) in [5.74, 6) is 0.0579. The van der Waals surface area contributed by atoms with E-state index >= 15 is 0 Å². The number of pyridine rings is 1. The predicted octanol–water partition coefficient (Wildman–Crippen LogP) is 1.87. The molecular formula is C11H16N2O. The van der Waals surface area contributed by atoms with Crippen LogP contribution < -0.4 is 0 Å². The minimum absolute atomic E-state index is 0.0579. The van der Waals surface area contributed by atoms with Crippen LogP contribution in [0.25, 0.3) is 0 Å². The van der Waals surface area contributed by atoms with Gasteiger partial charge in [-0.2, -0.15) is 0 Å². The molecule has 3 heteroatoms. The highest BCUT2D eigenvalue weighted by Gasteiger charge is 2.11. The molecule has 0 N–H and O–H groups in total. The Labute approximate surface area is 84.8 Å². The lowest BCUT2D eigenvalue weighted by atomic mass is 10.2. The zero-order valence-corrected chi connectivity index (χ0v) is 8.95. The molecule has 1 amide bonds. The van der Waals surface area contributed by atoms with Gasteiger partial charge in [-0.3, -0.25) is 9.78 Å². The lowest BCUT2D eigenvalue weighted by molar-refractivity contribution is 0.0772. The van der Waals surface area contributed by atoms with Crippen molar-refractivity contribution in [2.75, 3.05) is 13.1 Å². The first-order valence-corrected chi connectivity index (χ1v) is 4.91. The van der Waals surface area contributed by atoms with E-state index in [0.29, 0.717) is 5.56 Å². The van der Waals surface area contributed by atoms with Crippen LogP contribution >= 0.6 is 0 Å². The lowest BCUT2D eigenvalue weighted by Crippen LogP contribution is -2.30. The Morgan fingerprint density at radius 2 is 2.00 bits per heavy atom. The van der Waals surface area contributed by atoms with Crippen LogP contribution in [0.3, 0.4) is 0 Å². The zero-order chi connectivity index (χ0) is 10.6. The molecule has 1 aromatic rings. The van der Waals surface area contributed by atoms with Crippen molar-refractivity contribution in [3.8, 4) is 0 Å². The van der Waals surface area contributed by atoms with E-state index in [-0.39, 0.29) is 5.91 Å². The standard InChI is InChI=1S/C11H16N2O/c1-4-13(5-2)11(14)10-7-6-9(3)12-8-10/h6-8H,4-5H2,1-3H3. The van der Waals surface area contributed by atoms with Gasteiger partial charge in [-0.05, 0) is 32.9 Å². The molecule has 0 aliphatic rings. The van der Waals surface area contributed by atoms with Crippen LogP contribution in [0, 0.1) is 6.92 Å². The predicted molar refractivity (Wildman–Crippen MR) is 56.2 cm³/mol. The lowest BCUT2D eigenvalue weighted by Gasteiger charge is -2.18. The topological polar surface area (TPSA) is 33.2 Å². The van der Waals surface area contributed by atoms with Crippen LogP contribution in [-0.4, -0.2) is 28.9 Å². The number of amides is 1. The fourth-order valence-electron chi connectivity index (χ4n) is 1.29. The van der Waals surface area contributed by atoms with E-state index in [0.717, 1.165) is 18.8 Å². The van der Waals surface area contributed by atoms with E-state index in [1.807, 2.05) is 32.9 Å². The van der Waals surface area contributed by atoms with Gasteiger partial charge >= 0.3 is 0 Å². The summed E-state index contributed by atoms with van der Waals surface area (Å²) < 4.78 is 0. The summed E-state index contributed by atoms with van der Waals surface area (Å²) in [7, 11) is 0. The Morgan fingerprint density at radius 1 is 1.36 bits per heavy atom. The van der Waals surface area contributed by atoms with Gasteiger partial charge in [0.2, 0.25) is 0 Å². The molecule has 0 aliphatic heterocycles. The van der Waals surface area contributed by atoms with Gasteiger partial charge in [0.15, 0.2) is 0 Å². The Hall–Kier alpha value is -1.38. The molecule has 0 fully saturated rings. The van der Waals surface area contributed by atoms with Gasteiger partial charge in [0.1, 0.15) is 0 Å². The molecule has 76 valence electrons. The number of hydrogen-bond donors (Lipinski definition) is 0. The summed E-state index contributed by atoms with van der Waals surface area (Å²) >= 11 is 0. The van der Waals surface area contributed by atoms with Crippen molar-refractivity contribution in [1.82, 2.24) is 9.88 Å². The quantitative estimate of drug-likeness (QED) is 0.732. The largest absolute Gasteiger partial charge is 0.339 e. The van der Waals surface area contributed by atoms with E-state index < -0.39 is 0 Å². The molecule has 0 saturated carbocycles. The number of rotatable bonds is 3. The minimum atomic E-state index is 0.0579. The van der Waals surface area contributed by atoms with Crippen LogP contribution in [0.15, 0.2) is 18.3 Å². The highest BCUT2D eigenvalue weighted by Crippen LogP contribution is 2.04. The molecule has 1 heterocycles. The van der Waals surface area contributed by atoms with Gasteiger partial charge in [0.25, 0.3) is 5.91 Å². The fourth-order valence-corrected chi connectivity index (χ4v) is 1.29. The van der Waals surface area contributed by atoms with Crippen LogP contribution in [-0.2, 0) is 0 Å². The van der Waals surface area contributed by atoms with Gasteiger partial charge in [-0.15, -0.1) is 0 Å². The van der Waals surface area contributed by atoms with Crippen molar-refractivity contribution in [3.63, 3.8) is 0 Å². The van der Waals surface area contributed by atoms with Crippen molar-refractivity contribution < 1.29 is 4.79 Å². The first-order valence-electron chi connectivity index (χ1n) is 4.91. The molecule has 0 radical (unpaired) electrons. The van der Waals surface area contributed by atoms with Crippen molar-refractivity contribution >= 4 is 5.91 Å². The summed E-state index contributed by atoms with van der Waals surface area (Å²) in [5, 5.41) is 0. The molecule has 0 saturated heterocycles. The van der Waals surface area contributed by atoms with Crippen molar-refractivity contribution in [2.24, 2.45) is 0 Å². The van der Waals surface area contributed by atoms with Gasteiger partial charge in [-0.25, -0.2) is 0 Å². The molecule has 0 unspecified atom stereocenters. The van der Waals surface area contributed by atoms with Crippen molar-refractivity contribution in [2.45, 2.75) is 20.8 Å². The molecule has 14 heavy (non-hydrogen) atoms. The Morgan fingerprint density at radius 3 is 2.43 bits per heavy atom. The smallest absolute Gasteiger partial charge is 0.255 e. The number of carbonyl (C=O) groups is 1. The van der Waals surface area contributed by atoms with E-state index in [1.165, 1.54) is 0 Å². The van der Waals surface area contributed by atoms with Gasteiger partial charge in [0.05, 0.1) is 5.56 Å².